The Kier molecular flexibility index (Phi) is 9.23. The zero-order chi connectivity index (χ0) is 49.8. The molecule has 0 aliphatic rings. The third kappa shape index (κ3) is 6.81. The van der Waals surface area contributed by atoms with Crippen molar-refractivity contribution in [3.05, 3.63) is 243 Å². The zero-order valence-corrected chi connectivity index (χ0v) is 40.6. The minimum Gasteiger partial charge on any atom is -0.456 e. The zero-order valence-electron chi connectivity index (χ0n) is 40.6. The van der Waals surface area contributed by atoms with Crippen LogP contribution in [0.5, 0.6) is 0 Å². The molecule has 0 N–H and O–H groups in total. The predicted octanol–water partition coefficient (Wildman–Crippen LogP) is 19.7. The number of hydrogen-bond acceptors (Lipinski definition) is 6. The van der Waals surface area contributed by atoms with E-state index in [0.717, 1.165) is 160 Å². The van der Waals surface area contributed by atoms with Crippen molar-refractivity contribution in [1.82, 2.24) is 9.97 Å². The normalized spacial score (nSPS) is 11.9. The smallest absolute Gasteiger partial charge is 0.160 e. The minimum absolute atomic E-state index is 0.614. The summed E-state index contributed by atoms with van der Waals surface area (Å²) in [5.41, 5.74) is 19.2. The van der Waals surface area contributed by atoms with Gasteiger partial charge >= 0.3 is 0 Å². The van der Waals surface area contributed by atoms with E-state index in [1.807, 2.05) is 66.7 Å². The number of rotatable bonds is 7. The van der Waals surface area contributed by atoms with Gasteiger partial charge in [0.2, 0.25) is 0 Å². The first-order valence-electron chi connectivity index (χ1n) is 25.5. The summed E-state index contributed by atoms with van der Waals surface area (Å²) in [4.78, 5) is 10.9. The van der Waals surface area contributed by atoms with E-state index in [1.165, 1.54) is 0 Å². The molecule has 0 spiro atoms. The van der Waals surface area contributed by atoms with Crippen molar-refractivity contribution < 1.29 is 17.7 Å². The van der Waals surface area contributed by atoms with Crippen LogP contribution in [0.15, 0.2) is 260 Å². The quantitative estimate of drug-likeness (QED) is 0.158. The van der Waals surface area contributed by atoms with Crippen LogP contribution >= 0.6 is 0 Å². The molecule has 76 heavy (non-hydrogen) atoms. The van der Waals surface area contributed by atoms with E-state index >= 15 is 0 Å². The summed E-state index contributed by atoms with van der Waals surface area (Å²) in [5, 5.41) is 8.56. The van der Waals surface area contributed by atoms with Gasteiger partial charge in [-0.25, -0.2) is 9.97 Å². The highest BCUT2D eigenvalue weighted by molar-refractivity contribution is 6.12. The number of aromatic nitrogens is 2. The molecule has 11 aromatic carbocycles. The van der Waals surface area contributed by atoms with Gasteiger partial charge in [-0.15, -0.1) is 0 Å². The molecule has 0 bridgehead atoms. The van der Waals surface area contributed by atoms with Crippen molar-refractivity contribution in [2.45, 2.75) is 0 Å². The summed E-state index contributed by atoms with van der Waals surface area (Å²) < 4.78 is 26.1. The van der Waals surface area contributed by atoms with Crippen LogP contribution in [0.3, 0.4) is 0 Å². The average Bonchev–Trinajstić information content (AvgIpc) is 4.28. The number of nitrogens with zero attached hydrogens (tertiary/aromatic N) is 2. The molecule has 0 saturated heterocycles. The van der Waals surface area contributed by atoms with E-state index in [9.17, 15) is 0 Å². The largest absolute Gasteiger partial charge is 0.456 e. The van der Waals surface area contributed by atoms with Gasteiger partial charge in [0, 0.05) is 70.9 Å². The second-order valence-electron chi connectivity index (χ2n) is 19.6. The Labute approximate surface area is 434 Å². The van der Waals surface area contributed by atoms with Crippen LogP contribution in [0.2, 0.25) is 0 Å². The lowest BCUT2D eigenvalue weighted by Crippen LogP contribution is -1.97. The van der Waals surface area contributed by atoms with Gasteiger partial charge in [-0.1, -0.05) is 152 Å². The minimum atomic E-state index is 0.614. The molecule has 0 aliphatic heterocycles. The highest BCUT2D eigenvalue weighted by atomic mass is 16.3. The fourth-order valence-electron chi connectivity index (χ4n) is 11.4. The lowest BCUT2D eigenvalue weighted by molar-refractivity contribution is 0.668. The van der Waals surface area contributed by atoms with Gasteiger partial charge in [0.1, 0.15) is 44.7 Å². The van der Waals surface area contributed by atoms with Gasteiger partial charge in [-0.2, -0.15) is 0 Å². The van der Waals surface area contributed by atoms with Crippen molar-refractivity contribution in [3.63, 3.8) is 0 Å². The van der Waals surface area contributed by atoms with Crippen LogP contribution in [-0.2, 0) is 0 Å². The fourth-order valence-corrected chi connectivity index (χ4v) is 11.4. The lowest BCUT2D eigenvalue weighted by Gasteiger charge is -2.15. The Bertz CT molecular complexity index is 4750. The third-order valence-electron chi connectivity index (χ3n) is 15.1. The van der Waals surface area contributed by atoms with Gasteiger partial charge in [0.25, 0.3) is 0 Å². The first kappa shape index (κ1) is 42.2. The molecule has 0 atom stereocenters. The molecule has 0 aliphatic carbocycles. The maximum Gasteiger partial charge on any atom is 0.160 e. The molecule has 354 valence electrons. The molecule has 5 heterocycles. The van der Waals surface area contributed by atoms with Gasteiger partial charge in [-0.05, 0) is 124 Å². The summed E-state index contributed by atoms with van der Waals surface area (Å²) in [6.45, 7) is 0. The van der Waals surface area contributed by atoms with Crippen LogP contribution < -0.4 is 0 Å². The molecule has 6 nitrogen and oxygen atoms in total. The van der Waals surface area contributed by atoms with Crippen LogP contribution in [-0.4, -0.2) is 9.97 Å². The van der Waals surface area contributed by atoms with E-state index in [2.05, 4.69) is 176 Å². The summed E-state index contributed by atoms with van der Waals surface area (Å²) in [6.07, 6.45) is 0. The van der Waals surface area contributed by atoms with Crippen molar-refractivity contribution >= 4 is 87.8 Å². The van der Waals surface area contributed by atoms with Crippen molar-refractivity contribution in [2.24, 2.45) is 0 Å². The van der Waals surface area contributed by atoms with E-state index < -0.39 is 0 Å². The maximum atomic E-state index is 6.71. The lowest BCUT2D eigenvalue weighted by atomic mass is 9.92. The van der Waals surface area contributed by atoms with Crippen molar-refractivity contribution in [2.75, 3.05) is 0 Å². The van der Waals surface area contributed by atoms with Crippen LogP contribution in [0.1, 0.15) is 0 Å². The fraction of sp³-hybridized carbons (Fsp3) is 0. The highest BCUT2D eigenvalue weighted by Gasteiger charge is 2.21. The van der Waals surface area contributed by atoms with Crippen LogP contribution in [0, 0.1) is 0 Å². The first-order chi connectivity index (χ1) is 37.6. The number of para-hydroxylation sites is 6. The Balaban J connectivity index is 0.944. The van der Waals surface area contributed by atoms with Gasteiger partial charge in [-0.3, -0.25) is 0 Å². The third-order valence-corrected chi connectivity index (χ3v) is 15.1. The summed E-state index contributed by atoms with van der Waals surface area (Å²) in [7, 11) is 0. The molecule has 5 aromatic heterocycles. The van der Waals surface area contributed by atoms with Gasteiger partial charge in [0.05, 0.1) is 11.4 Å². The number of benzene rings is 11. The molecule has 0 fully saturated rings. The Hall–Kier alpha value is -10.3. The molecule has 16 rings (SSSR count). The molecular formula is C70H40N2O4. The monoisotopic (exact) mass is 972 g/mol. The number of fused-ring (bicyclic) bond motifs is 12. The molecule has 0 amide bonds. The number of hydrogen-bond donors (Lipinski definition) is 0. The molecule has 6 heteroatoms. The standard InChI is InChI=1S/C70H40N2O4/c1-2-14-41(15-3-1)70-71-60(48-33-44(42-28-30-66-58(38-42)54-18-6-8-24-62(54)73-66)32-45(34-48)43-29-31-67-59(39-43)55-19-7-9-25-63(55)74-67)40-61(72-70)49-36-46(50-20-12-22-56-52-16-4-10-26-64(52)75-68(50)56)35-47(37-49)51-21-13-23-57-53-17-5-11-27-65(53)76-69(51)57/h1-40H. The number of furan rings is 4. The second kappa shape index (κ2) is 16.6. The van der Waals surface area contributed by atoms with E-state index in [0.29, 0.717) is 5.82 Å². The van der Waals surface area contributed by atoms with Crippen molar-refractivity contribution in [3.8, 4) is 78.4 Å². The van der Waals surface area contributed by atoms with Gasteiger partial charge in [0.15, 0.2) is 5.82 Å². The SMILES string of the molecule is c1ccc(-c2nc(-c3cc(-c4ccc5oc6ccccc6c5c4)cc(-c4ccc5oc6ccccc6c5c4)c3)cc(-c3cc(-c4cccc5c4oc4ccccc45)cc(-c4cccc5c4oc4ccccc45)c3)n2)cc1. The molecule has 0 radical (unpaired) electrons. The molecule has 0 unspecified atom stereocenters. The van der Waals surface area contributed by atoms with Crippen LogP contribution in [0.25, 0.3) is 166 Å². The Morgan fingerprint density at radius 1 is 0.211 bits per heavy atom. The summed E-state index contributed by atoms with van der Waals surface area (Å²) in [6, 6.07) is 84.6. The average molecular weight is 973 g/mol. The topological polar surface area (TPSA) is 78.3 Å². The predicted molar refractivity (Wildman–Crippen MR) is 309 cm³/mol. The molecular weight excluding hydrogens is 933 g/mol. The van der Waals surface area contributed by atoms with E-state index in [-0.39, 0.29) is 0 Å². The van der Waals surface area contributed by atoms with Crippen molar-refractivity contribution in [1.29, 1.82) is 0 Å². The summed E-state index contributed by atoms with van der Waals surface area (Å²) in [5.74, 6) is 0.614. The highest BCUT2D eigenvalue weighted by Crippen LogP contribution is 2.44. The Morgan fingerprint density at radius 3 is 1.07 bits per heavy atom. The maximum absolute atomic E-state index is 6.71. The van der Waals surface area contributed by atoms with E-state index in [4.69, 9.17) is 27.6 Å². The first-order valence-corrected chi connectivity index (χ1v) is 25.5. The Morgan fingerprint density at radius 2 is 0.579 bits per heavy atom. The second-order valence-corrected chi connectivity index (χ2v) is 19.6. The van der Waals surface area contributed by atoms with E-state index in [1.54, 1.807) is 0 Å². The van der Waals surface area contributed by atoms with Gasteiger partial charge < -0.3 is 17.7 Å². The van der Waals surface area contributed by atoms with Crippen LogP contribution in [0.4, 0.5) is 0 Å². The summed E-state index contributed by atoms with van der Waals surface area (Å²) >= 11 is 0. The molecule has 16 aromatic rings. The molecule has 0 saturated carbocycles.